The number of benzene rings is 1. The summed E-state index contributed by atoms with van der Waals surface area (Å²) in [5.74, 6) is -0.178. The second kappa shape index (κ2) is 5.45. The monoisotopic (exact) mass is 286 g/mol. The van der Waals surface area contributed by atoms with E-state index in [0.29, 0.717) is 18.5 Å². The SMILES string of the molecule is O=C(c1nccc2ccc([N+](=O)[O-])cc12)N1CCNCC1. The molecule has 7 nitrogen and oxygen atoms in total. The predicted octanol–water partition coefficient (Wildman–Crippen LogP) is 1.19. The molecule has 1 fully saturated rings. The smallest absolute Gasteiger partial charge is 0.273 e. The normalized spacial score (nSPS) is 15.1. The van der Waals surface area contributed by atoms with Crippen molar-refractivity contribution in [1.29, 1.82) is 0 Å². The molecule has 1 aromatic carbocycles. The van der Waals surface area contributed by atoms with Crippen molar-refractivity contribution in [3.63, 3.8) is 0 Å². The van der Waals surface area contributed by atoms with Crippen LogP contribution in [0.3, 0.4) is 0 Å². The van der Waals surface area contributed by atoms with Crippen molar-refractivity contribution in [3.05, 3.63) is 46.3 Å². The number of carbonyl (C=O) groups is 1. The maximum absolute atomic E-state index is 12.6. The molecule has 0 spiro atoms. The minimum Gasteiger partial charge on any atom is -0.335 e. The van der Waals surface area contributed by atoms with Crippen LogP contribution < -0.4 is 5.32 Å². The van der Waals surface area contributed by atoms with Crippen molar-refractivity contribution in [1.82, 2.24) is 15.2 Å². The quantitative estimate of drug-likeness (QED) is 0.661. The number of non-ortho nitro benzene ring substituents is 1. The zero-order valence-electron chi connectivity index (χ0n) is 11.3. The molecule has 0 bridgehead atoms. The maximum Gasteiger partial charge on any atom is 0.273 e. The minimum atomic E-state index is -0.467. The van der Waals surface area contributed by atoms with E-state index in [9.17, 15) is 14.9 Å². The number of amides is 1. The van der Waals surface area contributed by atoms with E-state index in [1.165, 1.54) is 12.1 Å². The van der Waals surface area contributed by atoms with Gasteiger partial charge in [-0.15, -0.1) is 0 Å². The van der Waals surface area contributed by atoms with E-state index < -0.39 is 4.92 Å². The summed E-state index contributed by atoms with van der Waals surface area (Å²) in [4.78, 5) is 28.9. The first-order chi connectivity index (χ1) is 10.2. The Bertz CT molecular complexity index is 710. The number of nitrogens with zero attached hydrogens (tertiary/aromatic N) is 3. The molecule has 0 saturated carbocycles. The van der Waals surface area contributed by atoms with Crippen molar-refractivity contribution < 1.29 is 9.72 Å². The van der Waals surface area contributed by atoms with Gasteiger partial charge >= 0.3 is 0 Å². The lowest BCUT2D eigenvalue weighted by molar-refractivity contribution is -0.384. The van der Waals surface area contributed by atoms with Gasteiger partial charge in [-0.25, -0.2) is 0 Å². The summed E-state index contributed by atoms with van der Waals surface area (Å²) in [5.41, 5.74) is 0.239. The maximum atomic E-state index is 12.6. The van der Waals surface area contributed by atoms with Gasteiger partial charge in [0, 0.05) is 49.9 Å². The van der Waals surface area contributed by atoms with Crippen LogP contribution in [0, 0.1) is 10.1 Å². The second-order valence-electron chi connectivity index (χ2n) is 4.86. The van der Waals surface area contributed by atoms with Crippen molar-refractivity contribution >= 4 is 22.4 Å². The fourth-order valence-corrected chi connectivity index (χ4v) is 2.46. The Kier molecular flexibility index (Phi) is 3.49. The van der Waals surface area contributed by atoms with Crippen LogP contribution in [-0.4, -0.2) is 46.9 Å². The first-order valence-corrected chi connectivity index (χ1v) is 6.70. The number of hydrogen-bond acceptors (Lipinski definition) is 5. The third-order valence-electron chi connectivity index (χ3n) is 3.57. The lowest BCUT2D eigenvalue weighted by Gasteiger charge is -2.27. The Labute approximate surface area is 120 Å². The van der Waals surface area contributed by atoms with Gasteiger partial charge in [-0.1, -0.05) is 0 Å². The van der Waals surface area contributed by atoms with Gasteiger partial charge in [0.2, 0.25) is 0 Å². The molecule has 0 atom stereocenters. The van der Waals surface area contributed by atoms with E-state index in [4.69, 9.17) is 0 Å². The molecule has 0 aliphatic carbocycles. The van der Waals surface area contributed by atoms with E-state index in [-0.39, 0.29) is 17.3 Å². The number of pyridine rings is 1. The first kappa shape index (κ1) is 13.4. The highest BCUT2D eigenvalue weighted by molar-refractivity contribution is 6.05. The van der Waals surface area contributed by atoms with Crippen LogP contribution in [0.5, 0.6) is 0 Å². The number of carbonyl (C=O) groups excluding carboxylic acids is 1. The molecule has 3 rings (SSSR count). The number of hydrogen-bond donors (Lipinski definition) is 1. The second-order valence-corrected chi connectivity index (χ2v) is 4.86. The van der Waals surface area contributed by atoms with Crippen LogP contribution >= 0.6 is 0 Å². The number of nitrogens with one attached hydrogen (secondary N) is 1. The summed E-state index contributed by atoms with van der Waals surface area (Å²) in [6.07, 6.45) is 1.56. The Balaban J connectivity index is 2.06. The number of piperazine rings is 1. The minimum absolute atomic E-state index is 0.0372. The molecule has 1 aliphatic heterocycles. The van der Waals surface area contributed by atoms with Crippen molar-refractivity contribution in [2.24, 2.45) is 0 Å². The third-order valence-corrected chi connectivity index (χ3v) is 3.57. The Morgan fingerprint density at radius 3 is 2.76 bits per heavy atom. The Morgan fingerprint density at radius 2 is 2.05 bits per heavy atom. The van der Waals surface area contributed by atoms with Gasteiger partial charge in [-0.05, 0) is 17.5 Å². The van der Waals surface area contributed by atoms with Crippen LogP contribution in [0.15, 0.2) is 30.5 Å². The molecule has 21 heavy (non-hydrogen) atoms. The lowest BCUT2D eigenvalue weighted by atomic mass is 10.1. The molecular formula is C14H14N4O3. The number of rotatable bonds is 2. The summed E-state index contributed by atoms with van der Waals surface area (Å²) in [7, 11) is 0. The van der Waals surface area contributed by atoms with Crippen LogP contribution in [0.25, 0.3) is 10.8 Å². The standard InChI is InChI=1S/C14H14N4O3/c19-14(17-7-5-15-6-8-17)13-12-9-11(18(20)21)2-1-10(12)3-4-16-13/h1-4,9,15H,5-8H2. The lowest BCUT2D eigenvalue weighted by Crippen LogP contribution is -2.46. The summed E-state index contributed by atoms with van der Waals surface area (Å²) < 4.78 is 0. The largest absolute Gasteiger partial charge is 0.335 e. The summed E-state index contributed by atoms with van der Waals surface area (Å²) >= 11 is 0. The molecule has 2 heterocycles. The van der Waals surface area contributed by atoms with E-state index in [0.717, 1.165) is 18.5 Å². The Hall–Kier alpha value is -2.54. The van der Waals surface area contributed by atoms with E-state index >= 15 is 0 Å². The molecule has 1 aromatic heterocycles. The van der Waals surface area contributed by atoms with Gasteiger partial charge in [-0.2, -0.15) is 0 Å². The third kappa shape index (κ3) is 2.55. The van der Waals surface area contributed by atoms with Crippen LogP contribution in [0.4, 0.5) is 5.69 Å². The number of fused-ring (bicyclic) bond motifs is 1. The molecule has 0 unspecified atom stereocenters. The van der Waals surface area contributed by atoms with Gasteiger partial charge in [-0.3, -0.25) is 19.9 Å². The molecule has 1 saturated heterocycles. The highest BCUT2D eigenvalue weighted by atomic mass is 16.6. The average molecular weight is 286 g/mol. The molecule has 108 valence electrons. The number of nitro benzene ring substituents is 1. The van der Waals surface area contributed by atoms with Gasteiger partial charge in [0.05, 0.1) is 4.92 Å². The zero-order chi connectivity index (χ0) is 14.8. The molecule has 7 heteroatoms. The van der Waals surface area contributed by atoms with E-state index in [1.807, 2.05) is 0 Å². The summed E-state index contributed by atoms with van der Waals surface area (Å²) in [5, 5.41) is 15.4. The molecule has 2 aromatic rings. The van der Waals surface area contributed by atoms with Gasteiger partial charge < -0.3 is 10.2 Å². The van der Waals surface area contributed by atoms with Crippen molar-refractivity contribution in [2.75, 3.05) is 26.2 Å². The predicted molar refractivity (Wildman–Crippen MR) is 77.2 cm³/mol. The number of aromatic nitrogens is 1. The fraction of sp³-hybridized carbons (Fsp3) is 0.286. The average Bonchev–Trinajstić information content (AvgIpc) is 2.54. The molecule has 1 N–H and O–H groups in total. The molecular weight excluding hydrogens is 272 g/mol. The van der Waals surface area contributed by atoms with E-state index in [1.54, 1.807) is 23.2 Å². The topological polar surface area (TPSA) is 88.4 Å². The van der Waals surface area contributed by atoms with Crippen molar-refractivity contribution in [3.8, 4) is 0 Å². The van der Waals surface area contributed by atoms with Crippen molar-refractivity contribution in [2.45, 2.75) is 0 Å². The fourth-order valence-electron chi connectivity index (χ4n) is 2.46. The van der Waals surface area contributed by atoms with Gasteiger partial charge in [0.15, 0.2) is 0 Å². The highest BCUT2D eigenvalue weighted by Gasteiger charge is 2.22. The Morgan fingerprint density at radius 1 is 1.29 bits per heavy atom. The molecule has 1 amide bonds. The summed E-state index contributed by atoms with van der Waals surface area (Å²) in [6, 6.07) is 6.23. The van der Waals surface area contributed by atoms with E-state index in [2.05, 4.69) is 10.3 Å². The van der Waals surface area contributed by atoms with Crippen LogP contribution in [-0.2, 0) is 0 Å². The molecule has 0 radical (unpaired) electrons. The van der Waals surface area contributed by atoms with Crippen LogP contribution in [0.1, 0.15) is 10.5 Å². The zero-order valence-corrected chi connectivity index (χ0v) is 11.3. The first-order valence-electron chi connectivity index (χ1n) is 6.70. The van der Waals surface area contributed by atoms with Crippen LogP contribution in [0.2, 0.25) is 0 Å². The number of nitro groups is 1. The van der Waals surface area contributed by atoms with Gasteiger partial charge in [0.25, 0.3) is 11.6 Å². The highest BCUT2D eigenvalue weighted by Crippen LogP contribution is 2.23. The van der Waals surface area contributed by atoms with Gasteiger partial charge in [0.1, 0.15) is 5.69 Å². The summed E-state index contributed by atoms with van der Waals surface area (Å²) in [6.45, 7) is 2.73. The molecule has 1 aliphatic rings.